The van der Waals surface area contributed by atoms with E-state index in [1.807, 2.05) is 36.4 Å². The third-order valence-electron chi connectivity index (χ3n) is 3.57. The van der Waals surface area contributed by atoms with Crippen LogP contribution in [0.4, 0.5) is 10.5 Å². The number of benzene rings is 3. The highest BCUT2D eigenvalue weighted by atomic mass is 16.6. The van der Waals surface area contributed by atoms with Crippen LogP contribution in [0.3, 0.4) is 0 Å². The first-order chi connectivity index (χ1) is 11.7. The molecule has 0 radical (unpaired) electrons. The van der Waals surface area contributed by atoms with Crippen LogP contribution in [0.2, 0.25) is 0 Å². The molecule has 0 aliphatic carbocycles. The van der Waals surface area contributed by atoms with Gasteiger partial charge >= 0.3 is 6.09 Å². The zero-order chi connectivity index (χ0) is 16.9. The fourth-order valence-electron chi connectivity index (χ4n) is 2.39. The van der Waals surface area contributed by atoms with Crippen LogP contribution < -0.4 is 19.5 Å². The van der Waals surface area contributed by atoms with E-state index < -0.39 is 6.09 Å². The van der Waals surface area contributed by atoms with Crippen LogP contribution in [0.5, 0.6) is 17.2 Å². The quantitative estimate of drug-likeness (QED) is 0.770. The van der Waals surface area contributed by atoms with Crippen molar-refractivity contribution in [1.29, 1.82) is 0 Å². The summed E-state index contributed by atoms with van der Waals surface area (Å²) in [7, 11) is 3.08. The molecular formula is C19H17NO4. The molecular weight excluding hydrogens is 306 g/mol. The molecule has 3 aromatic carbocycles. The van der Waals surface area contributed by atoms with Gasteiger partial charge < -0.3 is 14.2 Å². The van der Waals surface area contributed by atoms with Crippen LogP contribution >= 0.6 is 0 Å². The van der Waals surface area contributed by atoms with E-state index in [0.29, 0.717) is 22.9 Å². The fourth-order valence-corrected chi connectivity index (χ4v) is 2.39. The lowest BCUT2D eigenvalue weighted by molar-refractivity contribution is 0.215. The lowest BCUT2D eigenvalue weighted by Crippen LogP contribution is -2.17. The number of amides is 1. The summed E-state index contributed by atoms with van der Waals surface area (Å²) in [6, 6.07) is 18.5. The summed E-state index contributed by atoms with van der Waals surface area (Å²) in [6.45, 7) is 0. The predicted octanol–water partition coefficient (Wildman–Crippen LogP) is 4.47. The van der Waals surface area contributed by atoms with Crippen LogP contribution in [-0.2, 0) is 0 Å². The highest BCUT2D eigenvalue weighted by molar-refractivity contribution is 5.90. The van der Waals surface area contributed by atoms with E-state index >= 15 is 0 Å². The van der Waals surface area contributed by atoms with Gasteiger partial charge in [0.05, 0.1) is 19.9 Å². The van der Waals surface area contributed by atoms with Gasteiger partial charge in [-0.05, 0) is 35.0 Å². The van der Waals surface area contributed by atoms with Crippen molar-refractivity contribution in [3.8, 4) is 17.2 Å². The molecule has 0 fully saturated rings. The molecule has 0 spiro atoms. The zero-order valence-corrected chi connectivity index (χ0v) is 13.4. The summed E-state index contributed by atoms with van der Waals surface area (Å²) in [6.07, 6.45) is -0.600. The average molecular weight is 323 g/mol. The standard InChI is InChI=1S/C19H17NO4/c1-22-15-9-10-18(23-2)17(12-15)20-19(21)24-16-8-7-13-5-3-4-6-14(13)11-16/h3-12H,1-2H3,(H,20,21). The van der Waals surface area contributed by atoms with Gasteiger partial charge in [-0.3, -0.25) is 5.32 Å². The Morgan fingerprint density at radius 3 is 2.33 bits per heavy atom. The van der Waals surface area contributed by atoms with Crippen LogP contribution in [0.25, 0.3) is 10.8 Å². The number of carbonyl (C=O) groups is 1. The van der Waals surface area contributed by atoms with Crippen molar-refractivity contribution in [3.05, 3.63) is 60.7 Å². The molecule has 0 unspecified atom stereocenters. The number of hydrogen-bond donors (Lipinski definition) is 1. The Kier molecular flexibility index (Phi) is 4.52. The second-order valence-electron chi connectivity index (χ2n) is 5.09. The van der Waals surface area contributed by atoms with E-state index in [1.165, 1.54) is 7.11 Å². The Morgan fingerprint density at radius 2 is 1.58 bits per heavy atom. The smallest absolute Gasteiger partial charge is 0.417 e. The number of hydrogen-bond acceptors (Lipinski definition) is 4. The fraction of sp³-hybridized carbons (Fsp3) is 0.105. The first-order valence-corrected chi connectivity index (χ1v) is 7.39. The topological polar surface area (TPSA) is 56.8 Å². The van der Waals surface area contributed by atoms with E-state index in [0.717, 1.165) is 10.8 Å². The summed E-state index contributed by atoms with van der Waals surface area (Å²) in [5, 5.41) is 4.75. The maximum atomic E-state index is 12.2. The van der Waals surface area contributed by atoms with Gasteiger partial charge in [0.25, 0.3) is 0 Å². The molecule has 0 aliphatic heterocycles. The Hall–Kier alpha value is -3.21. The molecule has 1 amide bonds. The Balaban J connectivity index is 1.77. The minimum atomic E-state index is -0.600. The molecule has 24 heavy (non-hydrogen) atoms. The van der Waals surface area contributed by atoms with E-state index in [9.17, 15) is 4.79 Å². The van der Waals surface area contributed by atoms with Gasteiger partial charge in [-0.1, -0.05) is 30.3 Å². The van der Waals surface area contributed by atoms with Crippen LogP contribution in [-0.4, -0.2) is 20.3 Å². The number of fused-ring (bicyclic) bond motifs is 1. The minimum Gasteiger partial charge on any atom is -0.497 e. The largest absolute Gasteiger partial charge is 0.497 e. The monoisotopic (exact) mass is 323 g/mol. The summed E-state index contributed by atoms with van der Waals surface area (Å²) in [5.41, 5.74) is 0.475. The van der Waals surface area contributed by atoms with Gasteiger partial charge in [0.2, 0.25) is 0 Å². The van der Waals surface area contributed by atoms with Crippen molar-refractivity contribution in [3.63, 3.8) is 0 Å². The maximum Gasteiger partial charge on any atom is 0.417 e. The van der Waals surface area contributed by atoms with Gasteiger partial charge in [0, 0.05) is 6.07 Å². The Labute approximate surface area is 139 Å². The molecule has 0 aromatic heterocycles. The molecule has 0 aliphatic rings. The molecule has 0 atom stereocenters. The number of nitrogens with one attached hydrogen (secondary N) is 1. The highest BCUT2D eigenvalue weighted by Crippen LogP contribution is 2.29. The summed E-state index contributed by atoms with van der Waals surface area (Å²) >= 11 is 0. The zero-order valence-electron chi connectivity index (χ0n) is 13.4. The van der Waals surface area contributed by atoms with Crippen molar-refractivity contribution in [2.75, 3.05) is 19.5 Å². The summed E-state index contributed by atoms with van der Waals surface area (Å²) in [4.78, 5) is 12.2. The predicted molar refractivity (Wildman–Crippen MR) is 93.1 cm³/mol. The number of carbonyl (C=O) groups excluding carboxylic acids is 1. The molecule has 5 heteroatoms. The molecule has 0 saturated carbocycles. The Bertz CT molecular complexity index is 876. The van der Waals surface area contributed by atoms with Crippen molar-refractivity contribution in [2.24, 2.45) is 0 Å². The minimum absolute atomic E-state index is 0.466. The number of rotatable bonds is 4. The molecule has 3 aromatic rings. The van der Waals surface area contributed by atoms with Gasteiger partial charge in [0.15, 0.2) is 0 Å². The molecule has 0 bridgehead atoms. The molecule has 122 valence electrons. The summed E-state index contributed by atoms with van der Waals surface area (Å²) in [5.74, 6) is 1.59. The van der Waals surface area contributed by atoms with Gasteiger partial charge in [-0.25, -0.2) is 4.79 Å². The van der Waals surface area contributed by atoms with E-state index in [-0.39, 0.29) is 0 Å². The number of ether oxygens (including phenoxy) is 3. The van der Waals surface area contributed by atoms with Gasteiger partial charge in [-0.15, -0.1) is 0 Å². The SMILES string of the molecule is COc1ccc(OC)c(NC(=O)Oc2ccc3ccccc3c2)c1. The molecule has 0 saturated heterocycles. The lowest BCUT2D eigenvalue weighted by Gasteiger charge is -2.12. The first-order valence-electron chi connectivity index (χ1n) is 7.39. The van der Waals surface area contributed by atoms with Gasteiger partial charge in [0.1, 0.15) is 17.2 Å². The summed E-state index contributed by atoms with van der Waals surface area (Å²) < 4.78 is 15.7. The molecule has 0 heterocycles. The van der Waals surface area contributed by atoms with Crippen LogP contribution in [0, 0.1) is 0 Å². The van der Waals surface area contributed by atoms with Crippen LogP contribution in [0.1, 0.15) is 0 Å². The van der Waals surface area contributed by atoms with Crippen molar-refractivity contribution in [1.82, 2.24) is 0 Å². The van der Waals surface area contributed by atoms with E-state index in [4.69, 9.17) is 14.2 Å². The van der Waals surface area contributed by atoms with E-state index in [1.54, 1.807) is 31.4 Å². The normalized spacial score (nSPS) is 10.2. The Morgan fingerprint density at radius 1 is 0.833 bits per heavy atom. The lowest BCUT2D eigenvalue weighted by atomic mass is 10.1. The van der Waals surface area contributed by atoms with E-state index in [2.05, 4.69) is 5.32 Å². The molecule has 1 N–H and O–H groups in total. The van der Waals surface area contributed by atoms with Crippen molar-refractivity contribution in [2.45, 2.75) is 0 Å². The molecule has 5 nitrogen and oxygen atoms in total. The van der Waals surface area contributed by atoms with Crippen molar-refractivity contribution < 1.29 is 19.0 Å². The highest BCUT2D eigenvalue weighted by Gasteiger charge is 2.11. The van der Waals surface area contributed by atoms with Crippen molar-refractivity contribution >= 4 is 22.6 Å². The molecule has 3 rings (SSSR count). The number of anilines is 1. The van der Waals surface area contributed by atoms with Gasteiger partial charge in [-0.2, -0.15) is 0 Å². The van der Waals surface area contributed by atoms with Crippen LogP contribution in [0.15, 0.2) is 60.7 Å². The first kappa shape index (κ1) is 15.7. The third kappa shape index (κ3) is 3.41. The number of methoxy groups -OCH3 is 2. The average Bonchev–Trinajstić information content (AvgIpc) is 2.61. The third-order valence-corrected chi connectivity index (χ3v) is 3.57. The second-order valence-corrected chi connectivity index (χ2v) is 5.09. The second kappa shape index (κ2) is 6.91. The maximum absolute atomic E-state index is 12.2.